The summed E-state index contributed by atoms with van der Waals surface area (Å²) >= 11 is 1.48. The van der Waals surface area contributed by atoms with Crippen LogP contribution in [-0.4, -0.2) is 21.1 Å². The smallest absolute Gasteiger partial charge is 0.287 e. The fourth-order valence-corrected chi connectivity index (χ4v) is 4.02. The first-order chi connectivity index (χ1) is 14.2. The average molecular weight is 407 g/mol. The van der Waals surface area contributed by atoms with Crippen LogP contribution in [0, 0.1) is 0 Å². The number of H-pyrrole nitrogens is 1. The predicted octanol–water partition coefficient (Wildman–Crippen LogP) is 4.90. The Bertz CT molecular complexity index is 1100. The summed E-state index contributed by atoms with van der Waals surface area (Å²) in [5, 5.41) is 11.4. The van der Waals surface area contributed by atoms with Gasteiger partial charge in [-0.25, -0.2) is 4.98 Å². The Balaban J connectivity index is 1.58. The topological polar surface area (TPSA) is 83.8 Å². The Morgan fingerprint density at radius 2 is 2.00 bits per heavy atom. The molecule has 29 heavy (non-hydrogen) atoms. The van der Waals surface area contributed by atoms with Gasteiger partial charge in [0.2, 0.25) is 0 Å². The van der Waals surface area contributed by atoms with Crippen molar-refractivity contribution < 1.29 is 9.21 Å². The van der Waals surface area contributed by atoms with E-state index < -0.39 is 0 Å². The van der Waals surface area contributed by atoms with Gasteiger partial charge >= 0.3 is 0 Å². The number of hydrogen-bond donors (Lipinski definition) is 2. The lowest BCUT2D eigenvalue weighted by Gasteiger charge is -2.14. The van der Waals surface area contributed by atoms with Gasteiger partial charge in [-0.05, 0) is 30.5 Å². The number of benzene rings is 2. The van der Waals surface area contributed by atoms with Crippen molar-refractivity contribution in [2.45, 2.75) is 37.2 Å². The number of nitrogens with zero attached hydrogens (tertiary/aromatic N) is 2. The standard InChI is InChI=1S/C22H22N4O2S/c1-3-15-8-10-16(11-9-15)14(2)25-21(27)20-18(12-29-22-23-13-24-26-22)17-6-4-5-7-19(17)28-20/h4-11,13-14H,3,12H2,1-2H3,(H,25,27)(H,23,24,26)/t14-/m1/s1. The van der Waals surface area contributed by atoms with Crippen molar-refractivity contribution in [1.29, 1.82) is 0 Å². The Labute approximate surface area is 173 Å². The Morgan fingerprint density at radius 3 is 2.72 bits per heavy atom. The summed E-state index contributed by atoms with van der Waals surface area (Å²) in [7, 11) is 0. The second-order valence-electron chi connectivity index (χ2n) is 6.78. The number of aryl methyl sites for hydroxylation is 1. The normalized spacial score (nSPS) is 12.2. The quantitative estimate of drug-likeness (QED) is 0.427. The molecular weight excluding hydrogens is 384 g/mol. The molecule has 6 nitrogen and oxygen atoms in total. The van der Waals surface area contributed by atoms with E-state index in [0.29, 0.717) is 22.3 Å². The Kier molecular flexibility index (Phi) is 5.67. The zero-order valence-electron chi connectivity index (χ0n) is 16.3. The number of aromatic nitrogens is 3. The highest BCUT2D eigenvalue weighted by Gasteiger charge is 2.22. The molecule has 0 aliphatic rings. The molecule has 0 unspecified atom stereocenters. The van der Waals surface area contributed by atoms with Gasteiger partial charge in [0.1, 0.15) is 11.9 Å². The van der Waals surface area contributed by atoms with Crippen molar-refractivity contribution in [3.63, 3.8) is 0 Å². The van der Waals surface area contributed by atoms with Crippen molar-refractivity contribution in [2.24, 2.45) is 0 Å². The van der Waals surface area contributed by atoms with Crippen molar-refractivity contribution >= 4 is 28.6 Å². The third-order valence-corrected chi connectivity index (χ3v) is 5.79. The molecule has 0 spiro atoms. The average Bonchev–Trinajstić information content (AvgIpc) is 3.40. The number of carbonyl (C=O) groups excluding carboxylic acids is 1. The molecule has 2 heterocycles. The van der Waals surface area contributed by atoms with Crippen molar-refractivity contribution in [3.05, 3.63) is 77.3 Å². The van der Waals surface area contributed by atoms with E-state index >= 15 is 0 Å². The van der Waals surface area contributed by atoms with E-state index in [4.69, 9.17) is 4.42 Å². The van der Waals surface area contributed by atoms with Crippen LogP contribution in [0.4, 0.5) is 0 Å². The lowest BCUT2D eigenvalue weighted by Crippen LogP contribution is -2.27. The van der Waals surface area contributed by atoms with Gasteiger partial charge in [-0.1, -0.05) is 61.2 Å². The molecule has 2 aromatic carbocycles. The number of amides is 1. The number of carbonyl (C=O) groups is 1. The van der Waals surface area contributed by atoms with Crippen LogP contribution in [0.1, 0.15) is 47.1 Å². The molecule has 0 aliphatic heterocycles. The van der Waals surface area contributed by atoms with E-state index in [1.165, 1.54) is 23.7 Å². The van der Waals surface area contributed by atoms with Crippen LogP contribution in [0.3, 0.4) is 0 Å². The van der Waals surface area contributed by atoms with Crippen LogP contribution in [0.15, 0.2) is 64.4 Å². The first-order valence-electron chi connectivity index (χ1n) is 9.54. The number of rotatable bonds is 7. The third-order valence-electron chi connectivity index (χ3n) is 4.89. The molecule has 2 N–H and O–H groups in total. The van der Waals surface area contributed by atoms with Crippen LogP contribution in [-0.2, 0) is 12.2 Å². The summed E-state index contributed by atoms with van der Waals surface area (Å²) in [4.78, 5) is 17.2. The van der Waals surface area contributed by atoms with Gasteiger partial charge in [-0.3, -0.25) is 9.89 Å². The zero-order valence-corrected chi connectivity index (χ0v) is 17.1. The second kappa shape index (κ2) is 8.53. The maximum atomic E-state index is 13.1. The van der Waals surface area contributed by atoms with E-state index in [1.807, 2.05) is 31.2 Å². The number of para-hydroxylation sites is 1. The summed E-state index contributed by atoms with van der Waals surface area (Å²) in [5.41, 5.74) is 3.89. The lowest BCUT2D eigenvalue weighted by atomic mass is 10.0. The zero-order chi connectivity index (χ0) is 20.2. The molecule has 148 valence electrons. The minimum Gasteiger partial charge on any atom is -0.451 e. The largest absolute Gasteiger partial charge is 0.451 e. The third kappa shape index (κ3) is 4.19. The molecule has 0 aliphatic carbocycles. The van der Waals surface area contributed by atoms with E-state index in [-0.39, 0.29) is 11.9 Å². The molecule has 7 heteroatoms. The van der Waals surface area contributed by atoms with Crippen LogP contribution in [0.5, 0.6) is 0 Å². The van der Waals surface area contributed by atoms with Gasteiger partial charge < -0.3 is 9.73 Å². The van der Waals surface area contributed by atoms with E-state index in [0.717, 1.165) is 22.9 Å². The van der Waals surface area contributed by atoms with Gasteiger partial charge in [0.25, 0.3) is 5.91 Å². The first kappa shape index (κ1) is 19.3. The maximum absolute atomic E-state index is 13.1. The Morgan fingerprint density at radius 1 is 1.21 bits per heavy atom. The summed E-state index contributed by atoms with van der Waals surface area (Å²) in [6, 6.07) is 15.9. The lowest BCUT2D eigenvalue weighted by molar-refractivity contribution is 0.0913. The number of hydrogen-bond acceptors (Lipinski definition) is 5. The van der Waals surface area contributed by atoms with Crippen LogP contribution in [0.2, 0.25) is 0 Å². The maximum Gasteiger partial charge on any atom is 0.287 e. The minimum atomic E-state index is -0.221. The molecular formula is C22H22N4O2S. The highest BCUT2D eigenvalue weighted by atomic mass is 32.2. The van der Waals surface area contributed by atoms with Crippen LogP contribution >= 0.6 is 11.8 Å². The van der Waals surface area contributed by atoms with Crippen LogP contribution < -0.4 is 5.32 Å². The summed E-state index contributed by atoms with van der Waals surface area (Å²) < 4.78 is 5.93. The Hall–Kier alpha value is -3.06. The number of nitrogens with one attached hydrogen (secondary N) is 2. The van der Waals surface area contributed by atoms with Gasteiger partial charge in [-0.2, -0.15) is 5.10 Å². The SMILES string of the molecule is CCc1ccc([C@@H](C)NC(=O)c2oc3ccccc3c2CSc2ncn[nH]2)cc1. The molecule has 0 saturated heterocycles. The number of thioether (sulfide) groups is 1. The molecule has 4 rings (SSSR count). The molecule has 0 fully saturated rings. The van der Waals surface area contributed by atoms with Crippen molar-refractivity contribution in [1.82, 2.24) is 20.5 Å². The van der Waals surface area contributed by atoms with E-state index in [1.54, 1.807) is 0 Å². The van der Waals surface area contributed by atoms with Crippen LogP contribution in [0.25, 0.3) is 11.0 Å². The molecule has 4 aromatic rings. The second-order valence-corrected chi connectivity index (χ2v) is 7.74. The fraction of sp³-hybridized carbons (Fsp3) is 0.227. The molecule has 2 aromatic heterocycles. The summed E-state index contributed by atoms with van der Waals surface area (Å²) in [6.07, 6.45) is 2.46. The van der Waals surface area contributed by atoms with Crippen molar-refractivity contribution in [2.75, 3.05) is 0 Å². The number of fused-ring (bicyclic) bond motifs is 1. The predicted molar refractivity (Wildman–Crippen MR) is 114 cm³/mol. The summed E-state index contributed by atoms with van der Waals surface area (Å²) in [6.45, 7) is 4.10. The highest BCUT2D eigenvalue weighted by molar-refractivity contribution is 7.98. The highest BCUT2D eigenvalue weighted by Crippen LogP contribution is 2.31. The van der Waals surface area contributed by atoms with Gasteiger partial charge in [0.05, 0.1) is 6.04 Å². The van der Waals surface area contributed by atoms with Gasteiger partial charge in [0.15, 0.2) is 10.9 Å². The first-order valence-corrected chi connectivity index (χ1v) is 10.5. The molecule has 1 amide bonds. The minimum absolute atomic E-state index is 0.128. The number of aromatic amines is 1. The van der Waals surface area contributed by atoms with Crippen molar-refractivity contribution in [3.8, 4) is 0 Å². The number of furan rings is 1. The summed E-state index contributed by atoms with van der Waals surface area (Å²) in [5.74, 6) is 0.672. The fourth-order valence-electron chi connectivity index (χ4n) is 3.22. The molecule has 0 bridgehead atoms. The van der Waals surface area contributed by atoms with E-state index in [9.17, 15) is 4.79 Å². The van der Waals surface area contributed by atoms with Gasteiger partial charge in [0, 0.05) is 16.7 Å². The van der Waals surface area contributed by atoms with Gasteiger partial charge in [-0.15, -0.1) is 0 Å². The van der Waals surface area contributed by atoms with E-state index in [2.05, 4.69) is 51.7 Å². The molecule has 0 radical (unpaired) electrons. The monoisotopic (exact) mass is 406 g/mol. The molecule has 1 atom stereocenters. The molecule has 0 saturated carbocycles.